The van der Waals surface area contributed by atoms with Gasteiger partial charge in [0.15, 0.2) is 0 Å². The number of hydrogen-bond donors (Lipinski definition) is 1. The first-order chi connectivity index (χ1) is 7.17. The number of methoxy groups -OCH3 is 1. The van der Waals surface area contributed by atoms with E-state index >= 15 is 0 Å². The van der Waals surface area contributed by atoms with E-state index in [1.807, 2.05) is 0 Å². The van der Waals surface area contributed by atoms with Crippen molar-refractivity contribution in [3.05, 3.63) is 0 Å². The van der Waals surface area contributed by atoms with Crippen LogP contribution in [0, 0.1) is 0 Å². The van der Waals surface area contributed by atoms with Crippen LogP contribution in [0.5, 0.6) is 0 Å². The Hall–Kier alpha value is -0.820. The molecule has 0 aliphatic heterocycles. The van der Waals surface area contributed by atoms with E-state index in [0.717, 1.165) is 12.0 Å². The Labute approximate surface area is 92.5 Å². The Morgan fingerprint density at radius 2 is 1.94 bits per heavy atom. The van der Waals surface area contributed by atoms with Gasteiger partial charge < -0.3 is 10.5 Å². The summed E-state index contributed by atoms with van der Waals surface area (Å²) in [7, 11) is 1.14. The first kappa shape index (κ1) is 15.2. The van der Waals surface area contributed by atoms with Gasteiger partial charge in [0.05, 0.1) is 13.7 Å². The summed E-state index contributed by atoms with van der Waals surface area (Å²) < 4.78 is 41.0. The monoisotopic (exact) mass is 242 g/mol. The predicted octanol–water partition coefficient (Wildman–Crippen LogP) is 0.759. The molecule has 0 aromatic heterocycles. The molecule has 0 saturated heterocycles. The van der Waals surface area contributed by atoms with Gasteiger partial charge >= 0.3 is 12.1 Å². The van der Waals surface area contributed by atoms with E-state index in [1.165, 1.54) is 0 Å². The molecule has 4 nitrogen and oxygen atoms in total. The average molecular weight is 242 g/mol. The van der Waals surface area contributed by atoms with Gasteiger partial charge in [-0.05, 0) is 13.8 Å². The highest BCUT2D eigenvalue weighted by molar-refractivity contribution is 5.75. The molecule has 0 aromatic rings. The molecule has 96 valence electrons. The number of carbonyl (C=O) groups excluding carboxylic acids is 1. The van der Waals surface area contributed by atoms with Crippen molar-refractivity contribution in [1.82, 2.24) is 4.90 Å². The van der Waals surface area contributed by atoms with Crippen molar-refractivity contribution in [2.24, 2.45) is 5.73 Å². The minimum absolute atomic E-state index is 0.177. The topological polar surface area (TPSA) is 55.6 Å². The summed E-state index contributed by atoms with van der Waals surface area (Å²) in [6.45, 7) is 1.95. The first-order valence-electron chi connectivity index (χ1n) is 4.81. The van der Waals surface area contributed by atoms with E-state index in [9.17, 15) is 18.0 Å². The van der Waals surface area contributed by atoms with Gasteiger partial charge in [0.1, 0.15) is 6.04 Å². The molecular weight excluding hydrogens is 225 g/mol. The van der Waals surface area contributed by atoms with Crippen LogP contribution in [0.2, 0.25) is 0 Å². The van der Waals surface area contributed by atoms with E-state index < -0.39 is 24.7 Å². The van der Waals surface area contributed by atoms with Crippen molar-refractivity contribution in [3.63, 3.8) is 0 Å². The molecule has 1 unspecified atom stereocenters. The maximum absolute atomic E-state index is 12.2. The van der Waals surface area contributed by atoms with Crippen LogP contribution in [0.1, 0.15) is 13.8 Å². The zero-order valence-electron chi connectivity index (χ0n) is 9.54. The third kappa shape index (κ3) is 5.92. The number of halogens is 3. The van der Waals surface area contributed by atoms with Gasteiger partial charge in [0.2, 0.25) is 0 Å². The number of nitrogens with two attached hydrogens (primary N) is 1. The summed E-state index contributed by atoms with van der Waals surface area (Å²) in [6.07, 6.45) is -4.31. The maximum atomic E-state index is 12.2. The van der Waals surface area contributed by atoms with Gasteiger partial charge in [-0.25, -0.2) is 0 Å². The molecule has 0 radical (unpaired) electrons. The highest BCUT2D eigenvalue weighted by Crippen LogP contribution is 2.18. The summed E-state index contributed by atoms with van der Waals surface area (Å²) in [5.74, 6) is -0.715. The fourth-order valence-corrected chi connectivity index (χ4v) is 1.17. The molecular formula is C9H17F3N2O2. The maximum Gasteiger partial charge on any atom is 0.401 e. The fourth-order valence-electron chi connectivity index (χ4n) is 1.17. The normalized spacial score (nSPS) is 14.3. The Kier molecular flexibility index (Phi) is 5.74. The standard InChI is InChI=1S/C9H17F3N2O2/c1-6(2)14(5-9(10,11)12)4-7(13)8(15)16-3/h6-7H,4-5,13H2,1-3H3. The van der Waals surface area contributed by atoms with Crippen LogP contribution in [-0.2, 0) is 9.53 Å². The van der Waals surface area contributed by atoms with E-state index in [1.54, 1.807) is 13.8 Å². The Morgan fingerprint density at radius 1 is 1.44 bits per heavy atom. The van der Waals surface area contributed by atoms with Gasteiger partial charge in [-0.2, -0.15) is 13.2 Å². The minimum atomic E-state index is -4.31. The lowest BCUT2D eigenvalue weighted by Crippen LogP contribution is -2.48. The second-order valence-corrected chi connectivity index (χ2v) is 3.77. The Balaban J connectivity index is 4.40. The van der Waals surface area contributed by atoms with E-state index in [-0.39, 0.29) is 12.6 Å². The van der Waals surface area contributed by atoms with Crippen molar-refractivity contribution in [2.75, 3.05) is 20.2 Å². The molecule has 16 heavy (non-hydrogen) atoms. The average Bonchev–Trinajstić information content (AvgIpc) is 2.13. The van der Waals surface area contributed by atoms with Crippen LogP contribution in [0.3, 0.4) is 0 Å². The number of esters is 1. The lowest BCUT2D eigenvalue weighted by Gasteiger charge is -2.28. The lowest BCUT2D eigenvalue weighted by atomic mass is 10.2. The molecule has 7 heteroatoms. The number of ether oxygens (including phenoxy) is 1. The van der Waals surface area contributed by atoms with Crippen LogP contribution < -0.4 is 5.73 Å². The number of hydrogen-bond acceptors (Lipinski definition) is 4. The lowest BCUT2D eigenvalue weighted by molar-refractivity contribution is -0.154. The molecule has 0 aliphatic carbocycles. The van der Waals surface area contributed by atoms with Crippen LogP contribution >= 0.6 is 0 Å². The molecule has 0 rings (SSSR count). The van der Waals surface area contributed by atoms with Gasteiger partial charge in [-0.3, -0.25) is 9.69 Å². The van der Waals surface area contributed by atoms with Crippen molar-refractivity contribution in [1.29, 1.82) is 0 Å². The molecule has 0 aliphatic rings. The van der Waals surface area contributed by atoms with Gasteiger partial charge in [-0.15, -0.1) is 0 Å². The van der Waals surface area contributed by atoms with Crippen LogP contribution in [-0.4, -0.2) is 49.3 Å². The van der Waals surface area contributed by atoms with Crippen molar-refractivity contribution in [3.8, 4) is 0 Å². The van der Waals surface area contributed by atoms with Gasteiger partial charge in [0, 0.05) is 12.6 Å². The highest BCUT2D eigenvalue weighted by Gasteiger charge is 2.33. The van der Waals surface area contributed by atoms with Crippen molar-refractivity contribution < 1.29 is 22.7 Å². The zero-order valence-corrected chi connectivity index (χ0v) is 9.54. The highest BCUT2D eigenvalue weighted by atomic mass is 19.4. The fraction of sp³-hybridized carbons (Fsp3) is 0.889. The quantitative estimate of drug-likeness (QED) is 0.723. The predicted molar refractivity (Wildman–Crippen MR) is 52.8 cm³/mol. The summed E-state index contributed by atoms with van der Waals surface area (Å²) in [5, 5.41) is 0. The Morgan fingerprint density at radius 3 is 2.25 bits per heavy atom. The van der Waals surface area contributed by atoms with Crippen LogP contribution in [0.4, 0.5) is 13.2 Å². The molecule has 0 bridgehead atoms. The second kappa shape index (κ2) is 6.05. The van der Waals surface area contributed by atoms with Gasteiger partial charge in [0.25, 0.3) is 0 Å². The minimum Gasteiger partial charge on any atom is -0.468 e. The summed E-state index contributed by atoms with van der Waals surface area (Å²) in [4.78, 5) is 12.1. The number of alkyl halides is 3. The molecule has 0 amide bonds. The molecule has 0 heterocycles. The van der Waals surface area contributed by atoms with Crippen LogP contribution in [0.15, 0.2) is 0 Å². The summed E-state index contributed by atoms with van der Waals surface area (Å²) in [5.41, 5.74) is 5.40. The zero-order chi connectivity index (χ0) is 12.9. The largest absolute Gasteiger partial charge is 0.468 e. The third-order valence-electron chi connectivity index (χ3n) is 2.05. The van der Waals surface area contributed by atoms with Crippen molar-refractivity contribution >= 4 is 5.97 Å². The molecule has 2 N–H and O–H groups in total. The van der Waals surface area contributed by atoms with E-state index in [2.05, 4.69) is 4.74 Å². The third-order valence-corrected chi connectivity index (χ3v) is 2.05. The molecule has 0 saturated carbocycles. The van der Waals surface area contributed by atoms with E-state index in [4.69, 9.17) is 5.73 Å². The molecule has 1 atom stereocenters. The summed E-state index contributed by atoms with van der Waals surface area (Å²) >= 11 is 0. The Bertz CT molecular complexity index is 231. The molecule has 0 spiro atoms. The van der Waals surface area contributed by atoms with Crippen molar-refractivity contribution in [2.45, 2.75) is 32.1 Å². The van der Waals surface area contributed by atoms with Crippen LogP contribution in [0.25, 0.3) is 0 Å². The van der Waals surface area contributed by atoms with E-state index in [0.29, 0.717) is 0 Å². The first-order valence-corrected chi connectivity index (χ1v) is 4.81. The summed E-state index contributed by atoms with van der Waals surface area (Å²) in [6, 6.07) is -1.41. The SMILES string of the molecule is COC(=O)C(N)CN(CC(F)(F)F)C(C)C. The molecule has 0 aromatic carbocycles. The smallest absolute Gasteiger partial charge is 0.401 e. The number of nitrogens with zero attached hydrogens (tertiary/aromatic N) is 1. The number of carbonyl (C=O) groups is 1. The van der Waals surface area contributed by atoms with Gasteiger partial charge in [-0.1, -0.05) is 0 Å². The molecule has 0 fully saturated rings. The second-order valence-electron chi connectivity index (χ2n) is 3.77. The number of rotatable bonds is 5.